The molecule has 138 valence electrons. The Morgan fingerprint density at radius 3 is 2.73 bits per heavy atom. The zero-order chi connectivity index (χ0) is 18.5. The number of esters is 1. The molecule has 0 spiro atoms. The minimum atomic E-state index is -0.356. The summed E-state index contributed by atoms with van der Waals surface area (Å²) in [4.78, 5) is 16.8. The maximum Gasteiger partial charge on any atom is 0.334 e. The number of nitrogens with zero attached hydrogens (tertiary/aromatic N) is 3. The van der Waals surface area contributed by atoms with Crippen LogP contribution in [0.2, 0.25) is 0 Å². The summed E-state index contributed by atoms with van der Waals surface area (Å²) < 4.78 is 10.4. The molecule has 7 heteroatoms. The summed E-state index contributed by atoms with van der Waals surface area (Å²) in [6.07, 6.45) is 3.41. The van der Waals surface area contributed by atoms with E-state index in [1.807, 2.05) is 29.3 Å². The number of carbonyl (C=O) groups is 1. The SMILES string of the molecule is CCOC(=O)C1=CC=NC2C1C(CCO)=NN2Cc1ccc(OC)cc1. The summed E-state index contributed by atoms with van der Waals surface area (Å²) in [6, 6.07) is 7.74. The molecule has 1 aromatic rings. The van der Waals surface area contributed by atoms with Crippen molar-refractivity contribution in [3.8, 4) is 5.75 Å². The minimum Gasteiger partial charge on any atom is -0.497 e. The predicted molar refractivity (Wildman–Crippen MR) is 98.2 cm³/mol. The lowest BCUT2D eigenvalue weighted by Gasteiger charge is -2.27. The van der Waals surface area contributed by atoms with E-state index in [0.717, 1.165) is 17.0 Å². The summed E-state index contributed by atoms with van der Waals surface area (Å²) in [7, 11) is 1.63. The van der Waals surface area contributed by atoms with E-state index in [4.69, 9.17) is 9.47 Å². The third-order valence-corrected chi connectivity index (χ3v) is 4.43. The van der Waals surface area contributed by atoms with Crippen LogP contribution in [-0.2, 0) is 16.1 Å². The van der Waals surface area contributed by atoms with Crippen molar-refractivity contribution in [2.75, 3.05) is 20.3 Å². The van der Waals surface area contributed by atoms with Crippen molar-refractivity contribution in [3.05, 3.63) is 41.5 Å². The van der Waals surface area contributed by atoms with Gasteiger partial charge in [-0.2, -0.15) is 5.10 Å². The van der Waals surface area contributed by atoms with Gasteiger partial charge >= 0.3 is 5.97 Å². The van der Waals surface area contributed by atoms with Gasteiger partial charge in [0.1, 0.15) is 11.9 Å². The highest BCUT2D eigenvalue weighted by molar-refractivity contribution is 6.04. The number of hydrogen-bond acceptors (Lipinski definition) is 7. The minimum absolute atomic E-state index is 0.0295. The number of dihydropyridines is 1. The molecule has 2 heterocycles. The van der Waals surface area contributed by atoms with Gasteiger partial charge in [0.2, 0.25) is 0 Å². The van der Waals surface area contributed by atoms with Gasteiger partial charge in [0.25, 0.3) is 0 Å². The fourth-order valence-corrected chi connectivity index (χ4v) is 3.23. The topological polar surface area (TPSA) is 83.7 Å². The summed E-state index contributed by atoms with van der Waals surface area (Å²) >= 11 is 0. The average molecular weight is 357 g/mol. The molecule has 1 N–H and O–H groups in total. The second kappa shape index (κ2) is 8.14. The molecule has 0 saturated heterocycles. The lowest BCUT2D eigenvalue weighted by atomic mass is 9.88. The zero-order valence-corrected chi connectivity index (χ0v) is 15.0. The third kappa shape index (κ3) is 3.62. The standard InChI is InChI=1S/C19H23N3O4/c1-3-26-19(24)15-8-10-20-18-17(15)16(9-11-23)21-22(18)12-13-4-6-14(25-2)7-5-13/h4-8,10,17-18,23H,3,9,11-12H2,1-2H3. The number of hydrazone groups is 1. The van der Waals surface area contributed by atoms with Crippen molar-refractivity contribution in [2.24, 2.45) is 16.0 Å². The van der Waals surface area contributed by atoms with Crippen LogP contribution in [0.5, 0.6) is 5.75 Å². The van der Waals surface area contributed by atoms with Gasteiger partial charge in [0, 0.05) is 19.2 Å². The molecule has 2 aliphatic rings. The average Bonchev–Trinajstić information content (AvgIpc) is 3.00. The van der Waals surface area contributed by atoms with Gasteiger partial charge in [-0.3, -0.25) is 10.0 Å². The first kappa shape index (κ1) is 18.1. The van der Waals surface area contributed by atoms with Crippen LogP contribution in [0, 0.1) is 5.92 Å². The predicted octanol–water partition coefficient (Wildman–Crippen LogP) is 1.77. The van der Waals surface area contributed by atoms with E-state index < -0.39 is 0 Å². The number of aliphatic hydroxyl groups is 1. The highest BCUT2D eigenvalue weighted by Crippen LogP contribution is 2.34. The first-order valence-corrected chi connectivity index (χ1v) is 8.66. The smallest absolute Gasteiger partial charge is 0.334 e. The summed E-state index contributed by atoms with van der Waals surface area (Å²) in [5, 5.41) is 15.9. The lowest BCUT2D eigenvalue weighted by Crippen LogP contribution is -2.37. The van der Waals surface area contributed by atoms with Crippen LogP contribution in [0.15, 0.2) is 46.0 Å². The number of allylic oxidation sites excluding steroid dienone is 1. The van der Waals surface area contributed by atoms with Crippen LogP contribution in [0.1, 0.15) is 18.9 Å². The number of benzene rings is 1. The molecule has 0 fully saturated rings. The van der Waals surface area contributed by atoms with Crippen LogP contribution in [0.3, 0.4) is 0 Å². The van der Waals surface area contributed by atoms with Crippen LogP contribution in [0.4, 0.5) is 0 Å². The second-order valence-corrected chi connectivity index (χ2v) is 6.04. The number of carbonyl (C=O) groups excluding carboxylic acids is 1. The fourth-order valence-electron chi connectivity index (χ4n) is 3.23. The first-order valence-electron chi connectivity index (χ1n) is 8.66. The quantitative estimate of drug-likeness (QED) is 0.752. The molecule has 0 saturated carbocycles. The second-order valence-electron chi connectivity index (χ2n) is 6.04. The Kier molecular flexibility index (Phi) is 5.68. The maximum atomic E-state index is 12.3. The monoisotopic (exact) mass is 357 g/mol. The molecule has 0 aromatic heterocycles. The molecule has 26 heavy (non-hydrogen) atoms. The van der Waals surface area contributed by atoms with Gasteiger partial charge in [0.05, 0.1) is 37.5 Å². The highest BCUT2D eigenvalue weighted by Gasteiger charge is 2.42. The van der Waals surface area contributed by atoms with Crippen molar-refractivity contribution < 1.29 is 19.4 Å². The van der Waals surface area contributed by atoms with Crippen molar-refractivity contribution in [3.63, 3.8) is 0 Å². The van der Waals surface area contributed by atoms with Crippen LogP contribution in [0.25, 0.3) is 0 Å². The lowest BCUT2D eigenvalue weighted by molar-refractivity contribution is -0.139. The van der Waals surface area contributed by atoms with E-state index in [2.05, 4.69) is 10.1 Å². The number of rotatable bonds is 7. The molecule has 2 atom stereocenters. The number of aliphatic imine (C=N–C) groups is 1. The van der Waals surface area contributed by atoms with Gasteiger partial charge in [-0.25, -0.2) is 4.79 Å². The van der Waals surface area contributed by atoms with E-state index >= 15 is 0 Å². The van der Waals surface area contributed by atoms with Gasteiger partial charge in [-0.1, -0.05) is 12.1 Å². The number of aliphatic hydroxyl groups excluding tert-OH is 1. The van der Waals surface area contributed by atoms with E-state index in [1.54, 1.807) is 26.3 Å². The number of hydrogen-bond donors (Lipinski definition) is 1. The normalized spacial score (nSPS) is 21.1. The molecule has 7 nitrogen and oxygen atoms in total. The Morgan fingerprint density at radius 2 is 2.08 bits per heavy atom. The first-order chi connectivity index (χ1) is 12.7. The summed E-state index contributed by atoms with van der Waals surface area (Å²) in [6.45, 7) is 2.61. The summed E-state index contributed by atoms with van der Waals surface area (Å²) in [5.41, 5.74) is 2.35. The van der Waals surface area contributed by atoms with Crippen LogP contribution < -0.4 is 4.74 Å². The van der Waals surface area contributed by atoms with Crippen molar-refractivity contribution >= 4 is 17.9 Å². The Morgan fingerprint density at radius 1 is 1.31 bits per heavy atom. The molecule has 3 rings (SSSR count). The molecule has 0 aliphatic carbocycles. The maximum absolute atomic E-state index is 12.3. The van der Waals surface area contributed by atoms with Crippen molar-refractivity contribution in [2.45, 2.75) is 26.1 Å². The molecule has 1 aromatic carbocycles. The van der Waals surface area contributed by atoms with E-state index in [9.17, 15) is 9.90 Å². The fraction of sp³-hybridized carbons (Fsp3) is 0.421. The zero-order valence-electron chi connectivity index (χ0n) is 15.0. The molecular formula is C19H23N3O4. The summed E-state index contributed by atoms with van der Waals surface area (Å²) in [5.74, 6) is 0.149. The molecule has 2 aliphatic heterocycles. The van der Waals surface area contributed by atoms with E-state index in [1.165, 1.54) is 0 Å². The molecule has 0 amide bonds. The largest absolute Gasteiger partial charge is 0.497 e. The van der Waals surface area contributed by atoms with Gasteiger partial charge < -0.3 is 14.6 Å². The number of methoxy groups -OCH3 is 1. The molecule has 2 unspecified atom stereocenters. The van der Waals surface area contributed by atoms with E-state index in [0.29, 0.717) is 25.1 Å². The van der Waals surface area contributed by atoms with Gasteiger partial charge in [0.15, 0.2) is 0 Å². The number of ether oxygens (including phenoxy) is 2. The molecular weight excluding hydrogens is 334 g/mol. The molecule has 0 radical (unpaired) electrons. The Labute approximate surface area is 152 Å². The van der Waals surface area contributed by atoms with E-state index in [-0.39, 0.29) is 24.7 Å². The van der Waals surface area contributed by atoms with Crippen LogP contribution in [-0.4, -0.2) is 54.5 Å². The van der Waals surface area contributed by atoms with Crippen molar-refractivity contribution in [1.29, 1.82) is 0 Å². The van der Waals surface area contributed by atoms with Gasteiger partial charge in [-0.15, -0.1) is 0 Å². The number of fused-ring (bicyclic) bond motifs is 1. The third-order valence-electron chi connectivity index (χ3n) is 4.43. The Balaban J connectivity index is 1.83. The molecule has 0 bridgehead atoms. The Hall–Kier alpha value is -2.67. The Bertz CT molecular complexity index is 740. The van der Waals surface area contributed by atoms with Gasteiger partial charge in [-0.05, 0) is 30.7 Å². The van der Waals surface area contributed by atoms with Crippen LogP contribution >= 0.6 is 0 Å². The highest BCUT2D eigenvalue weighted by atomic mass is 16.5. The van der Waals surface area contributed by atoms with Crippen molar-refractivity contribution in [1.82, 2.24) is 5.01 Å².